The van der Waals surface area contributed by atoms with E-state index >= 15 is 0 Å². The maximum atomic E-state index is 13.6. The molecule has 5 aromatic carbocycles. The van der Waals surface area contributed by atoms with Crippen LogP contribution in [0.5, 0.6) is 0 Å². The van der Waals surface area contributed by atoms with E-state index < -0.39 is 23.9 Å². The molecule has 0 aliphatic rings. The number of carbonyl (C=O) groups excluding carboxylic acids is 4. The predicted octanol–water partition coefficient (Wildman–Crippen LogP) is 9.15. The summed E-state index contributed by atoms with van der Waals surface area (Å²) in [7, 11) is 0. The molecule has 0 saturated heterocycles. The molecule has 0 aromatic heterocycles. The van der Waals surface area contributed by atoms with Crippen molar-refractivity contribution in [3.63, 3.8) is 0 Å². The molecule has 0 saturated carbocycles. The molecule has 5 rings (SSSR count). The smallest absolute Gasteiger partial charge is 0.338 e. The van der Waals surface area contributed by atoms with Crippen LogP contribution in [0, 0.1) is 0 Å². The largest absolute Gasteiger partial charge is 0.462 e. The molecule has 0 spiro atoms. The van der Waals surface area contributed by atoms with Crippen molar-refractivity contribution in [3.05, 3.63) is 64.7 Å². The third-order valence-electron chi connectivity index (χ3n) is 8.84. The predicted molar refractivity (Wildman–Crippen MR) is 193 cm³/mol. The molecule has 9 nitrogen and oxygen atoms in total. The molecule has 5 aromatic rings. The van der Waals surface area contributed by atoms with Gasteiger partial charge in [0.25, 0.3) is 0 Å². The van der Waals surface area contributed by atoms with Gasteiger partial charge in [0, 0.05) is 27.2 Å². The lowest BCUT2D eigenvalue weighted by Crippen LogP contribution is -2.13. The molecule has 0 aliphatic carbocycles. The van der Waals surface area contributed by atoms with Crippen molar-refractivity contribution in [2.45, 2.75) is 79.1 Å². The quantitative estimate of drug-likeness (QED) is 0.0273. The summed E-state index contributed by atoms with van der Waals surface area (Å²) in [5.41, 5.74) is 7.96. The van der Waals surface area contributed by atoms with Gasteiger partial charge in [0.2, 0.25) is 0 Å². The highest BCUT2D eigenvalue weighted by atomic mass is 16.5. The normalized spacial score (nSPS) is 11.4. The number of ether oxygens (including phenoxy) is 4. The van der Waals surface area contributed by atoms with Crippen molar-refractivity contribution in [1.82, 2.24) is 0 Å². The van der Waals surface area contributed by atoms with Crippen LogP contribution in [0.3, 0.4) is 0 Å². The number of hydrogen-bond acceptors (Lipinski definition) is 9. The van der Waals surface area contributed by atoms with Gasteiger partial charge >= 0.3 is 23.9 Å². The number of unbranched alkanes of at least 4 members (excludes halogenated alkanes) is 4. The molecule has 0 unspecified atom stereocenters. The van der Waals surface area contributed by atoms with E-state index in [2.05, 4.69) is 0 Å². The van der Waals surface area contributed by atoms with Crippen LogP contribution in [0.25, 0.3) is 43.1 Å². The second kappa shape index (κ2) is 16.0. The van der Waals surface area contributed by atoms with Gasteiger partial charge in [-0.3, -0.25) is 0 Å². The van der Waals surface area contributed by atoms with Crippen LogP contribution in [-0.2, 0) is 18.9 Å². The first-order chi connectivity index (χ1) is 23.8. The Kier molecular flexibility index (Phi) is 11.5. The summed E-state index contributed by atoms with van der Waals surface area (Å²) < 4.78 is 22.6. The van der Waals surface area contributed by atoms with E-state index in [1.54, 1.807) is 36.4 Å². The fourth-order valence-corrected chi connectivity index (χ4v) is 6.25. The third kappa shape index (κ3) is 6.98. The first-order valence-electron chi connectivity index (χ1n) is 17.5. The molecule has 49 heavy (non-hydrogen) atoms. The molecular weight excluding hydrogens is 622 g/mol. The Hall–Kier alpha value is -4.92. The standard InChI is InChI=1S/C40H45NO8/c1-5-9-19-46-37(42)27-16-13-24-25-14-17-29(39(44)48-21-11-7-3)34-30(40(45)49-22-12-8-4)23-31(41)35(36(25)34)26-15-18-28(33(27)32(24)26)38(43)47-20-10-6-2/h13-18,23H,5-12,19-22,41H2,1-4H3. The minimum absolute atomic E-state index is 0.170. The van der Waals surface area contributed by atoms with Gasteiger partial charge in [-0.1, -0.05) is 71.6 Å². The third-order valence-corrected chi connectivity index (χ3v) is 8.84. The first-order valence-corrected chi connectivity index (χ1v) is 17.5. The minimum Gasteiger partial charge on any atom is -0.462 e. The molecule has 258 valence electrons. The van der Waals surface area contributed by atoms with Gasteiger partial charge in [0.15, 0.2) is 0 Å². The SMILES string of the molecule is CCCCOC(=O)c1ccc2c3ccc(C(=O)OCCCC)c4c(C(=O)OCCCC)cc(N)c(c5ccc(C(=O)OCCCC)c1c25)c43. The first kappa shape index (κ1) is 35.4. The van der Waals surface area contributed by atoms with Gasteiger partial charge in [0.05, 0.1) is 48.7 Å². The molecule has 0 radical (unpaired) electrons. The molecule has 0 atom stereocenters. The Morgan fingerprint density at radius 1 is 0.449 bits per heavy atom. The average molecular weight is 668 g/mol. The maximum absolute atomic E-state index is 13.6. The number of anilines is 1. The Bertz CT molecular complexity index is 1990. The van der Waals surface area contributed by atoms with E-state index in [1.807, 2.05) is 33.8 Å². The van der Waals surface area contributed by atoms with Gasteiger partial charge in [-0.2, -0.15) is 0 Å². The maximum Gasteiger partial charge on any atom is 0.338 e. The summed E-state index contributed by atoms with van der Waals surface area (Å²) in [6.45, 7) is 9.00. The van der Waals surface area contributed by atoms with Crippen LogP contribution in [0.2, 0.25) is 0 Å². The fourth-order valence-electron chi connectivity index (χ4n) is 6.25. The number of benzene rings is 5. The van der Waals surface area contributed by atoms with E-state index in [4.69, 9.17) is 24.7 Å². The lowest BCUT2D eigenvalue weighted by Gasteiger charge is -2.21. The highest BCUT2D eigenvalue weighted by molar-refractivity contribution is 6.40. The molecule has 0 amide bonds. The number of fused-ring (bicyclic) bond motifs is 2. The van der Waals surface area contributed by atoms with E-state index in [-0.39, 0.29) is 54.4 Å². The zero-order valence-corrected chi connectivity index (χ0v) is 28.9. The minimum atomic E-state index is -0.585. The van der Waals surface area contributed by atoms with E-state index in [1.165, 1.54) is 0 Å². The zero-order valence-electron chi connectivity index (χ0n) is 28.9. The number of hydrogen-bond donors (Lipinski definition) is 1. The van der Waals surface area contributed by atoms with Crippen molar-refractivity contribution in [2.24, 2.45) is 0 Å². The Morgan fingerprint density at radius 2 is 0.796 bits per heavy atom. The summed E-state index contributed by atoms with van der Waals surface area (Å²) in [6, 6.07) is 11.9. The van der Waals surface area contributed by atoms with E-state index in [0.29, 0.717) is 68.8 Å². The number of carbonyl (C=O) groups is 4. The van der Waals surface area contributed by atoms with Crippen molar-refractivity contribution in [2.75, 3.05) is 32.2 Å². The molecule has 0 fully saturated rings. The van der Waals surface area contributed by atoms with Crippen molar-refractivity contribution < 1.29 is 38.1 Å². The Labute approximate surface area is 286 Å². The molecule has 2 N–H and O–H groups in total. The monoisotopic (exact) mass is 667 g/mol. The summed E-state index contributed by atoms with van der Waals surface area (Å²) in [5.74, 6) is -2.22. The van der Waals surface area contributed by atoms with Gasteiger partial charge in [0.1, 0.15) is 0 Å². The highest BCUT2D eigenvalue weighted by Crippen LogP contribution is 2.46. The molecule has 0 bridgehead atoms. The molecule has 0 aliphatic heterocycles. The summed E-state index contributed by atoms with van der Waals surface area (Å²) in [4.78, 5) is 54.3. The summed E-state index contributed by atoms with van der Waals surface area (Å²) in [6.07, 6.45) is 6.21. The number of esters is 4. The van der Waals surface area contributed by atoms with Crippen LogP contribution in [0.1, 0.15) is 120 Å². The van der Waals surface area contributed by atoms with Crippen LogP contribution in [-0.4, -0.2) is 50.3 Å². The second-order valence-corrected chi connectivity index (χ2v) is 12.3. The van der Waals surface area contributed by atoms with Crippen LogP contribution in [0.15, 0.2) is 42.5 Å². The lowest BCUT2D eigenvalue weighted by atomic mass is 9.83. The Morgan fingerprint density at radius 3 is 1.20 bits per heavy atom. The second-order valence-electron chi connectivity index (χ2n) is 12.3. The number of nitrogens with two attached hydrogens (primary N) is 1. The molecular formula is C40H45NO8. The van der Waals surface area contributed by atoms with E-state index in [0.717, 1.165) is 25.7 Å². The van der Waals surface area contributed by atoms with Crippen LogP contribution < -0.4 is 5.73 Å². The number of rotatable bonds is 16. The van der Waals surface area contributed by atoms with Crippen molar-refractivity contribution in [3.8, 4) is 0 Å². The van der Waals surface area contributed by atoms with Gasteiger partial charge < -0.3 is 24.7 Å². The Balaban J connectivity index is 1.87. The average Bonchev–Trinajstić information content (AvgIpc) is 3.10. The number of nitrogen functional groups attached to an aromatic ring is 1. The summed E-state index contributed by atoms with van der Waals surface area (Å²) >= 11 is 0. The van der Waals surface area contributed by atoms with Crippen LogP contribution >= 0.6 is 0 Å². The van der Waals surface area contributed by atoms with Crippen molar-refractivity contribution in [1.29, 1.82) is 0 Å². The topological polar surface area (TPSA) is 131 Å². The van der Waals surface area contributed by atoms with Crippen molar-refractivity contribution >= 4 is 72.7 Å². The highest BCUT2D eigenvalue weighted by Gasteiger charge is 2.28. The van der Waals surface area contributed by atoms with Gasteiger partial charge in [-0.05, 0) is 71.5 Å². The van der Waals surface area contributed by atoms with Crippen LogP contribution in [0.4, 0.5) is 5.69 Å². The summed E-state index contributed by atoms with van der Waals surface area (Å²) in [5, 5.41) is 4.64. The lowest BCUT2D eigenvalue weighted by molar-refractivity contribution is 0.0485. The van der Waals surface area contributed by atoms with E-state index in [9.17, 15) is 19.2 Å². The molecule has 0 heterocycles. The fraction of sp³-hybridized carbons (Fsp3) is 0.400. The zero-order chi connectivity index (χ0) is 35.1. The van der Waals surface area contributed by atoms with Gasteiger partial charge in [-0.25, -0.2) is 19.2 Å². The van der Waals surface area contributed by atoms with Gasteiger partial charge in [-0.15, -0.1) is 0 Å². The molecule has 9 heteroatoms.